The van der Waals surface area contributed by atoms with Gasteiger partial charge in [-0.3, -0.25) is 4.79 Å². The van der Waals surface area contributed by atoms with Crippen LogP contribution in [0.25, 0.3) is 0 Å². The highest BCUT2D eigenvalue weighted by atomic mass is 79.9. The van der Waals surface area contributed by atoms with E-state index in [0.717, 1.165) is 15.0 Å². The SMILES string of the molecule is Cc1ccc(C(=O)NCc2cc(Br)cs2)n1C. The Hall–Kier alpha value is -1.07. The Morgan fingerprint density at radius 2 is 2.29 bits per heavy atom. The molecule has 3 nitrogen and oxygen atoms in total. The highest BCUT2D eigenvalue weighted by Crippen LogP contribution is 2.19. The second kappa shape index (κ2) is 5.06. The monoisotopic (exact) mass is 312 g/mol. The van der Waals surface area contributed by atoms with Gasteiger partial charge in [0.2, 0.25) is 0 Å². The summed E-state index contributed by atoms with van der Waals surface area (Å²) < 4.78 is 2.95. The number of hydrogen-bond donors (Lipinski definition) is 1. The van der Waals surface area contributed by atoms with Crippen molar-refractivity contribution in [2.75, 3.05) is 0 Å². The fourth-order valence-corrected chi connectivity index (χ4v) is 2.94. The average molecular weight is 313 g/mol. The number of hydrogen-bond acceptors (Lipinski definition) is 2. The third-order valence-electron chi connectivity index (χ3n) is 2.65. The fourth-order valence-electron chi connectivity index (χ4n) is 1.55. The largest absolute Gasteiger partial charge is 0.346 e. The molecule has 0 radical (unpaired) electrons. The van der Waals surface area contributed by atoms with Gasteiger partial charge in [-0.15, -0.1) is 11.3 Å². The summed E-state index contributed by atoms with van der Waals surface area (Å²) in [5.74, 6) is -0.0369. The van der Waals surface area contributed by atoms with E-state index in [-0.39, 0.29) is 5.91 Å². The summed E-state index contributed by atoms with van der Waals surface area (Å²) in [6.07, 6.45) is 0. The predicted octanol–water partition coefficient (Wildman–Crippen LogP) is 3.09. The number of amides is 1. The molecule has 0 saturated heterocycles. The Bertz CT molecular complexity index is 544. The Morgan fingerprint density at radius 3 is 2.82 bits per heavy atom. The van der Waals surface area contributed by atoms with Crippen molar-refractivity contribution in [1.82, 2.24) is 9.88 Å². The molecule has 5 heteroatoms. The third-order valence-corrected chi connectivity index (χ3v) is 4.35. The lowest BCUT2D eigenvalue weighted by molar-refractivity contribution is 0.0943. The summed E-state index contributed by atoms with van der Waals surface area (Å²) in [6.45, 7) is 2.55. The molecular formula is C12H13BrN2OS. The first kappa shape index (κ1) is 12.4. The van der Waals surface area contributed by atoms with Gasteiger partial charge in [0.05, 0.1) is 6.54 Å². The van der Waals surface area contributed by atoms with Crippen LogP contribution >= 0.6 is 27.3 Å². The van der Waals surface area contributed by atoms with E-state index >= 15 is 0 Å². The van der Waals surface area contributed by atoms with Crippen molar-refractivity contribution in [1.29, 1.82) is 0 Å². The zero-order valence-corrected chi connectivity index (χ0v) is 12.1. The van der Waals surface area contributed by atoms with Gasteiger partial charge in [0.1, 0.15) is 5.69 Å². The normalized spacial score (nSPS) is 10.5. The van der Waals surface area contributed by atoms with Gasteiger partial charge in [-0.1, -0.05) is 0 Å². The molecule has 0 spiro atoms. The number of nitrogens with one attached hydrogen (secondary N) is 1. The van der Waals surface area contributed by atoms with E-state index in [1.165, 1.54) is 0 Å². The lowest BCUT2D eigenvalue weighted by Gasteiger charge is -2.05. The molecule has 0 aromatic carbocycles. The number of carbonyl (C=O) groups is 1. The number of thiophene rings is 1. The van der Waals surface area contributed by atoms with Crippen molar-refractivity contribution in [3.05, 3.63) is 44.3 Å². The Morgan fingerprint density at radius 1 is 1.53 bits per heavy atom. The number of rotatable bonds is 3. The van der Waals surface area contributed by atoms with E-state index in [0.29, 0.717) is 12.2 Å². The van der Waals surface area contributed by atoms with Crippen LogP contribution in [0.5, 0.6) is 0 Å². The van der Waals surface area contributed by atoms with Crippen LogP contribution in [0.2, 0.25) is 0 Å². The highest BCUT2D eigenvalue weighted by molar-refractivity contribution is 9.10. The van der Waals surface area contributed by atoms with Gasteiger partial charge in [0, 0.05) is 27.5 Å². The molecule has 0 unspecified atom stereocenters. The molecule has 2 heterocycles. The summed E-state index contributed by atoms with van der Waals surface area (Å²) in [6, 6.07) is 5.80. The van der Waals surface area contributed by atoms with E-state index in [2.05, 4.69) is 21.2 Å². The number of aromatic nitrogens is 1. The molecule has 17 heavy (non-hydrogen) atoms. The van der Waals surface area contributed by atoms with Crippen molar-refractivity contribution in [3.63, 3.8) is 0 Å². The summed E-state index contributed by atoms with van der Waals surface area (Å²) >= 11 is 5.02. The van der Waals surface area contributed by atoms with E-state index in [1.54, 1.807) is 11.3 Å². The zero-order valence-electron chi connectivity index (χ0n) is 9.66. The minimum Gasteiger partial charge on any atom is -0.346 e. The molecule has 90 valence electrons. The molecular weight excluding hydrogens is 300 g/mol. The molecule has 0 atom stereocenters. The van der Waals surface area contributed by atoms with Crippen LogP contribution in [0.4, 0.5) is 0 Å². The maximum absolute atomic E-state index is 11.9. The Labute approximate surface area is 113 Å². The van der Waals surface area contributed by atoms with Crippen LogP contribution < -0.4 is 5.32 Å². The second-order valence-corrected chi connectivity index (χ2v) is 5.74. The van der Waals surface area contributed by atoms with E-state index < -0.39 is 0 Å². The highest BCUT2D eigenvalue weighted by Gasteiger charge is 2.10. The maximum Gasteiger partial charge on any atom is 0.268 e. The average Bonchev–Trinajstić information content (AvgIpc) is 2.84. The summed E-state index contributed by atoms with van der Waals surface area (Å²) in [7, 11) is 1.89. The minimum absolute atomic E-state index is 0.0369. The quantitative estimate of drug-likeness (QED) is 0.928. The van der Waals surface area contributed by atoms with Gasteiger partial charge in [0.25, 0.3) is 5.91 Å². The van der Waals surface area contributed by atoms with Crippen LogP contribution in [-0.2, 0) is 13.6 Å². The van der Waals surface area contributed by atoms with Gasteiger partial charge in [-0.25, -0.2) is 0 Å². The molecule has 0 aliphatic heterocycles. The standard InChI is InChI=1S/C12H13BrN2OS/c1-8-3-4-11(15(8)2)12(16)14-6-10-5-9(13)7-17-10/h3-5,7H,6H2,1-2H3,(H,14,16). The van der Waals surface area contributed by atoms with Crippen LogP contribution in [0, 0.1) is 6.92 Å². The lowest BCUT2D eigenvalue weighted by Crippen LogP contribution is -2.24. The number of aryl methyl sites for hydroxylation is 1. The zero-order chi connectivity index (χ0) is 12.4. The Balaban J connectivity index is 2.00. The van der Waals surface area contributed by atoms with E-state index in [9.17, 15) is 4.79 Å². The van der Waals surface area contributed by atoms with E-state index in [4.69, 9.17) is 0 Å². The summed E-state index contributed by atoms with van der Waals surface area (Å²) in [4.78, 5) is 13.1. The van der Waals surface area contributed by atoms with Crippen molar-refractivity contribution in [3.8, 4) is 0 Å². The number of nitrogens with zero attached hydrogens (tertiary/aromatic N) is 1. The molecule has 0 bridgehead atoms. The van der Waals surface area contributed by atoms with Gasteiger partial charge in [0.15, 0.2) is 0 Å². The smallest absolute Gasteiger partial charge is 0.268 e. The number of carbonyl (C=O) groups excluding carboxylic acids is 1. The van der Waals surface area contributed by atoms with Crippen molar-refractivity contribution >= 4 is 33.2 Å². The molecule has 2 aromatic rings. The molecule has 2 aromatic heterocycles. The van der Waals surface area contributed by atoms with Crippen molar-refractivity contribution in [2.45, 2.75) is 13.5 Å². The molecule has 1 amide bonds. The molecule has 2 rings (SSSR count). The first-order chi connectivity index (χ1) is 8.08. The van der Waals surface area contributed by atoms with Gasteiger partial charge in [-0.2, -0.15) is 0 Å². The summed E-state index contributed by atoms with van der Waals surface area (Å²) in [5.41, 5.74) is 1.77. The first-order valence-corrected chi connectivity index (χ1v) is 6.88. The second-order valence-electron chi connectivity index (χ2n) is 3.83. The van der Waals surface area contributed by atoms with E-state index in [1.807, 2.05) is 42.1 Å². The predicted molar refractivity (Wildman–Crippen MR) is 73.3 cm³/mol. The van der Waals surface area contributed by atoms with Crippen LogP contribution in [0.15, 0.2) is 28.1 Å². The maximum atomic E-state index is 11.9. The van der Waals surface area contributed by atoms with Crippen molar-refractivity contribution < 1.29 is 4.79 Å². The molecule has 0 aliphatic carbocycles. The van der Waals surface area contributed by atoms with Gasteiger partial charge >= 0.3 is 0 Å². The molecule has 0 aliphatic rings. The van der Waals surface area contributed by atoms with Crippen LogP contribution in [0.1, 0.15) is 21.1 Å². The minimum atomic E-state index is -0.0369. The van der Waals surface area contributed by atoms with Crippen molar-refractivity contribution in [2.24, 2.45) is 7.05 Å². The lowest BCUT2D eigenvalue weighted by atomic mass is 10.4. The van der Waals surface area contributed by atoms with Gasteiger partial charge < -0.3 is 9.88 Å². The topological polar surface area (TPSA) is 34.0 Å². The molecule has 0 saturated carbocycles. The summed E-state index contributed by atoms with van der Waals surface area (Å²) in [5, 5.41) is 4.92. The van der Waals surface area contributed by atoms with Crippen LogP contribution in [0.3, 0.4) is 0 Å². The van der Waals surface area contributed by atoms with Gasteiger partial charge in [-0.05, 0) is 41.1 Å². The van der Waals surface area contributed by atoms with Crippen LogP contribution in [-0.4, -0.2) is 10.5 Å². The third kappa shape index (κ3) is 2.79. The fraction of sp³-hybridized carbons (Fsp3) is 0.250. The molecule has 1 N–H and O–H groups in total. The Kier molecular flexibility index (Phi) is 3.69. The first-order valence-electron chi connectivity index (χ1n) is 5.21. The number of halogens is 1. The molecule has 0 fully saturated rings.